The van der Waals surface area contributed by atoms with Crippen molar-refractivity contribution in [2.24, 2.45) is 0 Å². The monoisotopic (exact) mass is 310 g/mol. The van der Waals surface area contributed by atoms with Crippen LogP contribution in [-0.4, -0.2) is 28.2 Å². The normalized spacial score (nSPS) is 21.1. The Labute approximate surface area is 128 Å². The molecule has 108 valence electrons. The molecule has 3 rings (SSSR count). The van der Waals surface area contributed by atoms with E-state index in [9.17, 15) is 0 Å². The van der Waals surface area contributed by atoms with E-state index in [0.29, 0.717) is 6.04 Å². The van der Waals surface area contributed by atoms with Crippen LogP contribution in [0.5, 0.6) is 5.75 Å². The fraction of sp³-hybridized carbons (Fsp3) is 0.533. The second-order valence-corrected chi connectivity index (χ2v) is 6.99. The highest BCUT2D eigenvalue weighted by molar-refractivity contribution is 7.99. The largest absolute Gasteiger partial charge is 0.497 e. The van der Waals surface area contributed by atoms with Gasteiger partial charge in [-0.2, -0.15) is 11.8 Å². The summed E-state index contributed by atoms with van der Waals surface area (Å²) in [6.45, 7) is 1.99. The molecule has 1 aliphatic rings. The maximum atomic E-state index is 6.35. The quantitative estimate of drug-likeness (QED) is 0.786. The van der Waals surface area contributed by atoms with Crippen LogP contribution in [0, 0.1) is 0 Å². The van der Waals surface area contributed by atoms with E-state index in [4.69, 9.17) is 21.3 Å². The number of fused-ring (bicyclic) bond motifs is 1. The molecule has 0 spiro atoms. The third-order valence-corrected chi connectivity index (χ3v) is 5.17. The predicted molar refractivity (Wildman–Crippen MR) is 86.1 cm³/mol. The fourth-order valence-electron chi connectivity index (χ4n) is 2.82. The van der Waals surface area contributed by atoms with Crippen LogP contribution in [0.2, 0.25) is 0 Å². The zero-order chi connectivity index (χ0) is 14.1. The number of ether oxygens (including phenoxy) is 1. The summed E-state index contributed by atoms with van der Waals surface area (Å²) in [4.78, 5) is 4.74. The van der Waals surface area contributed by atoms with Crippen molar-refractivity contribution in [3.8, 4) is 5.75 Å². The van der Waals surface area contributed by atoms with E-state index < -0.39 is 0 Å². The predicted octanol–water partition coefficient (Wildman–Crippen LogP) is 4.41. The number of methoxy groups -OCH3 is 1. The molecular formula is C15H19ClN2OS. The lowest BCUT2D eigenvalue weighted by atomic mass is 10.1. The smallest absolute Gasteiger partial charge is 0.128 e. The van der Waals surface area contributed by atoms with Crippen LogP contribution in [0.1, 0.15) is 37.0 Å². The number of hydrogen-bond acceptors (Lipinski definition) is 3. The number of thioether (sulfide) groups is 1. The Bertz CT molecular complexity index is 605. The van der Waals surface area contributed by atoms with Crippen molar-refractivity contribution in [1.29, 1.82) is 0 Å². The Balaban J connectivity index is 2.13. The highest BCUT2D eigenvalue weighted by Crippen LogP contribution is 2.35. The average Bonchev–Trinajstić information content (AvgIpc) is 2.86. The standard InChI is InChI=1S/C15H19ClN2OS/c1-10(16)15-17-13-8-12(19-2)5-6-14(13)18(15)11-4-3-7-20-9-11/h5-6,8,10-11H,3-4,7,9H2,1-2H3. The number of alkyl halides is 1. The number of imidazole rings is 1. The van der Waals surface area contributed by atoms with Gasteiger partial charge in [0.2, 0.25) is 0 Å². The lowest BCUT2D eigenvalue weighted by Crippen LogP contribution is -2.18. The van der Waals surface area contributed by atoms with Gasteiger partial charge < -0.3 is 9.30 Å². The fourth-order valence-corrected chi connectivity index (χ4v) is 4.10. The van der Waals surface area contributed by atoms with Gasteiger partial charge in [0.05, 0.1) is 23.5 Å². The molecule has 2 atom stereocenters. The lowest BCUT2D eigenvalue weighted by molar-refractivity contribution is 0.415. The molecule has 0 aliphatic carbocycles. The second-order valence-electron chi connectivity index (χ2n) is 5.18. The molecule has 1 aromatic carbocycles. The molecule has 2 aromatic rings. The van der Waals surface area contributed by atoms with Crippen LogP contribution in [0.25, 0.3) is 11.0 Å². The van der Waals surface area contributed by atoms with Crippen molar-refractivity contribution in [3.05, 3.63) is 24.0 Å². The number of nitrogens with zero attached hydrogens (tertiary/aromatic N) is 2. The minimum absolute atomic E-state index is 0.0830. The summed E-state index contributed by atoms with van der Waals surface area (Å²) < 4.78 is 7.64. The van der Waals surface area contributed by atoms with Crippen LogP contribution < -0.4 is 4.74 Å². The molecule has 5 heteroatoms. The van der Waals surface area contributed by atoms with Crippen LogP contribution in [-0.2, 0) is 0 Å². The molecule has 2 unspecified atom stereocenters. The van der Waals surface area contributed by atoms with Crippen molar-refractivity contribution in [2.75, 3.05) is 18.6 Å². The van der Waals surface area contributed by atoms with E-state index >= 15 is 0 Å². The van der Waals surface area contributed by atoms with Gasteiger partial charge in [-0.25, -0.2) is 4.98 Å². The molecule has 1 fully saturated rings. The van der Waals surface area contributed by atoms with Crippen molar-refractivity contribution in [3.63, 3.8) is 0 Å². The molecule has 1 saturated heterocycles. The van der Waals surface area contributed by atoms with E-state index in [1.807, 2.05) is 30.8 Å². The minimum Gasteiger partial charge on any atom is -0.497 e. The van der Waals surface area contributed by atoms with Crippen molar-refractivity contribution >= 4 is 34.4 Å². The Morgan fingerprint density at radius 2 is 2.35 bits per heavy atom. The molecule has 0 saturated carbocycles. The first-order valence-corrected chi connectivity index (χ1v) is 8.57. The molecular weight excluding hydrogens is 292 g/mol. The number of benzene rings is 1. The van der Waals surface area contributed by atoms with Gasteiger partial charge in [-0.3, -0.25) is 0 Å². The zero-order valence-electron chi connectivity index (χ0n) is 11.8. The summed E-state index contributed by atoms with van der Waals surface area (Å²) in [5.74, 6) is 4.23. The summed E-state index contributed by atoms with van der Waals surface area (Å²) >= 11 is 8.37. The van der Waals surface area contributed by atoms with Gasteiger partial charge in [-0.05, 0) is 37.7 Å². The molecule has 0 N–H and O–H groups in total. The lowest BCUT2D eigenvalue weighted by Gasteiger charge is -2.25. The Morgan fingerprint density at radius 1 is 1.50 bits per heavy atom. The number of aromatic nitrogens is 2. The highest BCUT2D eigenvalue weighted by atomic mass is 35.5. The minimum atomic E-state index is -0.0830. The summed E-state index contributed by atoms with van der Waals surface area (Å²) in [7, 11) is 1.68. The molecule has 0 radical (unpaired) electrons. The summed E-state index contributed by atoms with van der Waals surface area (Å²) in [5.41, 5.74) is 2.14. The third-order valence-electron chi connectivity index (χ3n) is 3.78. The van der Waals surface area contributed by atoms with Crippen molar-refractivity contribution < 1.29 is 4.74 Å². The van der Waals surface area contributed by atoms with Crippen LogP contribution in [0.15, 0.2) is 18.2 Å². The van der Waals surface area contributed by atoms with E-state index in [-0.39, 0.29) is 5.38 Å². The van der Waals surface area contributed by atoms with Crippen LogP contribution in [0.3, 0.4) is 0 Å². The molecule has 2 heterocycles. The summed E-state index contributed by atoms with van der Waals surface area (Å²) in [6.07, 6.45) is 2.47. The van der Waals surface area contributed by atoms with E-state index in [1.165, 1.54) is 24.1 Å². The number of hydrogen-bond donors (Lipinski definition) is 0. The van der Waals surface area contributed by atoms with Crippen LogP contribution in [0.4, 0.5) is 0 Å². The molecule has 0 amide bonds. The maximum absolute atomic E-state index is 6.35. The SMILES string of the molecule is COc1ccc2c(c1)nc(C(C)Cl)n2C1CCCSC1. The number of halogens is 1. The summed E-state index contributed by atoms with van der Waals surface area (Å²) in [6, 6.07) is 6.59. The average molecular weight is 311 g/mol. The van der Waals surface area contributed by atoms with Crippen LogP contribution >= 0.6 is 23.4 Å². The topological polar surface area (TPSA) is 27.1 Å². The molecule has 1 aliphatic heterocycles. The molecule has 20 heavy (non-hydrogen) atoms. The van der Waals surface area contributed by atoms with Gasteiger partial charge in [-0.1, -0.05) is 0 Å². The first kappa shape index (κ1) is 14.1. The first-order chi connectivity index (χ1) is 9.70. The van der Waals surface area contributed by atoms with Gasteiger partial charge in [0.15, 0.2) is 0 Å². The van der Waals surface area contributed by atoms with Gasteiger partial charge in [-0.15, -0.1) is 11.6 Å². The van der Waals surface area contributed by atoms with E-state index in [2.05, 4.69) is 10.6 Å². The zero-order valence-corrected chi connectivity index (χ0v) is 13.4. The number of rotatable bonds is 3. The second kappa shape index (κ2) is 5.86. The Kier molecular flexibility index (Phi) is 4.13. The van der Waals surface area contributed by atoms with Crippen molar-refractivity contribution in [2.45, 2.75) is 31.2 Å². The Hall–Kier alpha value is -0.870. The summed E-state index contributed by atoms with van der Waals surface area (Å²) in [5, 5.41) is -0.0830. The first-order valence-electron chi connectivity index (χ1n) is 6.98. The van der Waals surface area contributed by atoms with Gasteiger partial charge >= 0.3 is 0 Å². The van der Waals surface area contributed by atoms with Crippen molar-refractivity contribution in [1.82, 2.24) is 9.55 Å². The Morgan fingerprint density at radius 3 is 3.00 bits per heavy atom. The molecule has 3 nitrogen and oxygen atoms in total. The van der Waals surface area contributed by atoms with E-state index in [0.717, 1.165) is 22.8 Å². The van der Waals surface area contributed by atoms with Gasteiger partial charge in [0.1, 0.15) is 11.6 Å². The van der Waals surface area contributed by atoms with Gasteiger partial charge in [0.25, 0.3) is 0 Å². The molecule has 0 bridgehead atoms. The van der Waals surface area contributed by atoms with Gasteiger partial charge in [0, 0.05) is 17.9 Å². The third kappa shape index (κ3) is 2.51. The maximum Gasteiger partial charge on any atom is 0.128 e. The van der Waals surface area contributed by atoms with E-state index in [1.54, 1.807) is 7.11 Å². The highest BCUT2D eigenvalue weighted by Gasteiger charge is 2.23. The molecule has 1 aromatic heterocycles.